The van der Waals surface area contributed by atoms with E-state index in [1.807, 2.05) is 66.7 Å². The molecule has 0 bridgehead atoms. The fourth-order valence-electron chi connectivity index (χ4n) is 10.1. The maximum absolute atomic E-state index is 12.1. The maximum Gasteiger partial charge on any atom is 0.262 e. The minimum atomic E-state index is -0.0564. The quantitative estimate of drug-likeness (QED) is 0.0620. The molecule has 9 aromatic rings. The molecular formula is C63H66HfO4. The number of hydrogen-bond acceptors (Lipinski definition) is 2. The SMILES string of the molecule is Cc1cc(-c2ccccc2[OH+]CCC[OH+]c2ccccc2-c2cc(C)cc(C3c4ccccc4-c4ccccc43)c2O)c(O)c(C2c3ccccc3-c3ccccc32)c1.[CH2-]c1ccccc1.[CH3-].[HH].[HH].[HH].[HH].[HH].[Hf]. The van der Waals surface area contributed by atoms with Gasteiger partial charge in [0.15, 0.2) is 13.2 Å². The Labute approximate surface area is 427 Å². The summed E-state index contributed by atoms with van der Waals surface area (Å²) >= 11 is 0. The maximum atomic E-state index is 12.1. The number of ether oxygens (including phenoxy) is 2. The molecule has 0 amide bonds. The predicted molar refractivity (Wildman–Crippen MR) is 288 cm³/mol. The van der Waals surface area contributed by atoms with Crippen molar-refractivity contribution < 1.29 is 52.7 Å². The Morgan fingerprint density at radius 1 is 0.397 bits per heavy atom. The fourth-order valence-corrected chi connectivity index (χ4v) is 10.1. The first-order valence-corrected chi connectivity index (χ1v) is 22.8. The minimum Gasteiger partial charge on any atom is -0.582 e. The van der Waals surface area contributed by atoms with E-state index in [1.165, 1.54) is 44.5 Å². The van der Waals surface area contributed by atoms with Gasteiger partial charge in [0.05, 0.1) is 11.1 Å². The van der Waals surface area contributed by atoms with Crippen LogP contribution in [0.1, 0.15) is 75.5 Å². The third kappa shape index (κ3) is 9.16. The molecule has 0 saturated heterocycles. The van der Waals surface area contributed by atoms with Gasteiger partial charge < -0.3 is 27.1 Å². The zero-order chi connectivity index (χ0) is 45.1. The molecule has 0 saturated carbocycles. The molecule has 5 heteroatoms. The standard InChI is InChI=1S/C55H44O4.C7H7.CH3.Hf.5H2/c1-34-30-46(54(56)48(32-34)52-42-22-7-3-16-36(42)37-17-4-8-23-43(37)52)40-20-11-13-26-50(40)58-28-15-29-59-51-27-14-12-21-41(51)47-31-35(2)33-49(55(47)57)53-44-24-9-5-18-38(44)39-19-6-10-25-45(39)53;1-7-5-3-2-4-6-7;;;;;;;/h3-14,16-27,30-33,52-53,56-57H,15,28-29H2,1-2H3;2-6H,1H2;1H3;;5*1H/q;2*-1;;;;;;/p+2. The van der Waals surface area contributed by atoms with Crippen LogP contribution in [0.25, 0.3) is 44.5 Å². The zero-order valence-corrected chi connectivity index (χ0v) is 42.4. The number of phenolic OH excluding ortho intramolecular Hbond substituents is 2. The third-order valence-corrected chi connectivity index (χ3v) is 13.0. The van der Waals surface area contributed by atoms with Gasteiger partial charge in [-0.05, 0) is 93.7 Å². The Morgan fingerprint density at radius 3 is 1.04 bits per heavy atom. The largest absolute Gasteiger partial charge is 0.582 e. The molecule has 4 nitrogen and oxygen atoms in total. The average Bonchev–Trinajstić information content (AvgIpc) is 3.86. The van der Waals surface area contributed by atoms with Crippen molar-refractivity contribution in [2.75, 3.05) is 13.2 Å². The molecule has 0 fully saturated rings. The normalized spacial score (nSPS) is 12.0. The molecule has 0 spiro atoms. The topological polar surface area (TPSA) is 66.1 Å². The van der Waals surface area contributed by atoms with E-state index in [4.69, 9.17) is 9.47 Å². The van der Waals surface area contributed by atoms with Crippen molar-refractivity contribution in [3.8, 4) is 67.5 Å². The predicted octanol–water partition coefficient (Wildman–Crippen LogP) is 16.5. The Kier molecular flexibility index (Phi) is 14.5. The molecule has 11 rings (SSSR count). The molecular weight excluding hydrogens is 999 g/mol. The summed E-state index contributed by atoms with van der Waals surface area (Å²) in [6, 6.07) is 68.6. The third-order valence-electron chi connectivity index (χ3n) is 13.0. The van der Waals surface area contributed by atoms with Gasteiger partial charge in [0.25, 0.3) is 11.5 Å². The molecule has 2 aliphatic rings. The average molecular weight is 1070 g/mol. The van der Waals surface area contributed by atoms with E-state index in [2.05, 4.69) is 154 Å². The van der Waals surface area contributed by atoms with Crippen LogP contribution in [0, 0.1) is 28.2 Å². The van der Waals surface area contributed by atoms with Gasteiger partial charge in [0, 0.05) is 79.2 Å². The van der Waals surface area contributed by atoms with Gasteiger partial charge >= 0.3 is 0 Å². The van der Waals surface area contributed by atoms with Crippen molar-refractivity contribution in [2.45, 2.75) is 32.1 Å². The molecule has 0 atom stereocenters. The number of para-hydroxylation sites is 2. The van der Waals surface area contributed by atoms with Gasteiger partial charge in [-0.2, -0.15) is 24.6 Å². The van der Waals surface area contributed by atoms with Gasteiger partial charge in [-0.3, -0.25) is 0 Å². The van der Waals surface area contributed by atoms with Crippen LogP contribution in [0.2, 0.25) is 0 Å². The van der Waals surface area contributed by atoms with Crippen molar-refractivity contribution >= 4 is 0 Å². The van der Waals surface area contributed by atoms with Gasteiger partial charge in [0.2, 0.25) is 0 Å². The number of phenols is 2. The summed E-state index contributed by atoms with van der Waals surface area (Å²) in [7, 11) is 0. The second-order valence-electron chi connectivity index (χ2n) is 17.4. The zero-order valence-electron chi connectivity index (χ0n) is 38.8. The second kappa shape index (κ2) is 20.8. The molecule has 0 unspecified atom stereocenters. The van der Waals surface area contributed by atoms with Crippen LogP contribution in [0.15, 0.2) is 200 Å². The molecule has 68 heavy (non-hydrogen) atoms. The van der Waals surface area contributed by atoms with Crippen LogP contribution in [-0.4, -0.2) is 32.9 Å². The summed E-state index contributed by atoms with van der Waals surface area (Å²) in [5.41, 5.74) is 18.2. The van der Waals surface area contributed by atoms with Crippen LogP contribution >= 0.6 is 0 Å². The van der Waals surface area contributed by atoms with Gasteiger partial charge in [-0.25, -0.2) is 0 Å². The van der Waals surface area contributed by atoms with Gasteiger partial charge in [0.1, 0.15) is 17.9 Å². The van der Waals surface area contributed by atoms with Crippen molar-refractivity contribution in [2.24, 2.45) is 0 Å². The summed E-state index contributed by atoms with van der Waals surface area (Å²) in [6.45, 7) is 9.07. The van der Waals surface area contributed by atoms with E-state index < -0.39 is 0 Å². The molecule has 4 N–H and O–H groups in total. The van der Waals surface area contributed by atoms with E-state index >= 15 is 0 Å². The molecule has 346 valence electrons. The van der Waals surface area contributed by atoms with E-state index in [-0.39, 0.29) is 52.2 Å². The fraction of sp³-hybridized carbons (Fsp3) is 0.111. The molecule has 0 heterocycles. The van der Waals surface area contributed by atoms with Crippen molar-refractivity contribution in [1.29, 1.82) is 0 Å². The number of hydrogen-bond donors (Lipinski definition) is 2. The molecule has 2 aliphatic carbocycles. The summed E-state index contributed by atoms with van der Waals surface area (Å²) in [5.74, 6) is 2.17. The smallest absolute Gasteiger partial charge is 0.262 e. The van der Waals surface area contributed by atoms with Crippen molar-refractivity contribution in [1.82, 2.24) is 0 Å². The van der Waals surface area contributed by atoms with Crippen LogP contribution < -0.4 is 0 Å². The summed E-state index contributed by atoms with van der Waals surface area (Å²) in [6.07, 6.45) is 0.740. The number of rotatable bonds is 10. The first-order chi connectivity index (χ1) is 32.4. The summed E-state index contributed by atoms with van der Waals surface area (Å²) in [5, 5.41) is 24.2. The minimum absolute atomic E-state index is 0. The molecule has 0 aromatic heterocycles. The number of aliphatic hydroxyl groups is 2. The molecule has 0 aliphatic heterocycles. The van der Waals surface area contributed by atoms with E-state index in [9.17, 15) is 10.2 Å². The van der Waals surface area contributed by atoms with Crippen LogP contribution in [-0.2, 0) is 25.8 Å². The summed E-state index contributed by atoms with van der Waals surface area (Å²) in [4.78, 5) is 0. The van der Waals surface area contributed by atoms with E-state index in [0.717, 1.165) is 68.0 Å². The molecule has 0 radical (unpaired) electrons. The van der Waals surface area contributed by atoms with E-state index in [0.29, 0.717) is 24.7 Å². The Balaban J connectivity index is 0.000000931. The van der Waals surface area contributed by atoms with Crippen molar-refractivity contribution in [3.63, 3.8) is 0 Å². The van der Waals surface area contributed by atoms with Gasteiger partial charge in [-0.1, -0.05) is 140 Å². The van der Waals surface area contributed by atoms with Crippen LogP contribution in [0.4, 0.5) is 0 Å². The number of aryl methyl sites for hydroxylation is 2. The van der Waals surface area contributed by atoms with Crippen LogP contribution in [0.3, 0.4) is 0 Å². The Hall–Kier alpha value is -7.08. The Bertz CT molecular complexity index is 2950. The summed E-state index contributed by atoms with van der Waals surface area (Å²) < 4.78 is 10.1. The second-order valence-corrected chi connectivity index (χ2v) is 17.4. The first kappa shape index (κ1) is 47.4. The number of fused-ring (bicyclic) bond motifs is 6. The monoisotopic (exact) mass is 1070 g/mol. The number of aromatic hydroxyl groups is 4. The van der Waals surface area contributed by atoms with Crippen LogP contribution in [0.5, 0.6) is 23.0 Å². The van der Waals surface area contributed by atoms with Gasteiger partial charge in [-0.15, -0.1) is 12.1 Å². The van der Waals surface area contributed by atoms with Crippen molar-refractivity contribution in [3.05, 3.63) is 265 Å². The Morgan fingerprint density at radius 2 is 0.706 bits per heavy atom. The molecule has 9 aromatic carbocycles. The van der Waals surface area contributed by atoms with E-state index in [1.54, 1.807) is 0 Å². The first-order valence-electron chi connectivity index (χ1n) is 22.8. The number of benzene rings is 9.